The molecule has 1 aromatic rings. The molecule has 1 amide bonds. The summed E-state index contributed by atoms with van der Waals surface area (Å²) in [5.41, 5.74) is 1.15. The number of hydrogen-bond donors (Lipinski definition) is 1. The van der Waals surface area contributed by atoms with E-state index in [9.17, 15) is 9.59 Å². The number of nitrogens with zero attached hydrogens (tertiary/aromatic N) is 2. The highest BCUT2D eigenvalue weighted by atomic mass is 16.5. The number of aromatic nitrogens is 1. The first-order valence-corrected chi connectivity index (χ1v) is 8.14. The molecule has 1 aliphatic heterocycles. The first-order chi connectivity index (χ1) is 11.1. The summed E-state index contributed by atoms with van der Waals surface area (Å²) in [5, 5.41) is 2.67. The van der Waals surface area contributed by atoms with E-state index in [0.717, 1.165) is 18.5 Å². The van der Waals surface area contributed by atoms with Gasteiger partial charge in [0, 0.05) is 37.3 Å². The molecule has 2 rings (SSSR count). The van der Waals surface area contributed by atoms with Crippen LogP contribution in [0, 0.1) is 5.92 Å². The smallest absolute Gasteiger partial charge is 0.306 e. The van der Waals surface area contributed by atoms with E-state index in [-0.39, 0.29) is 36.7 Å². The largest absolute Gasteiger partial charge is 0.465 e. The molecule has 2 atom stereocenters. The summed E-state index contributed by atoms with van der Waals surface area (Å²) in [6.07, 6.45) is 4.93. The maximum absolute atomic E-state index is 11.8. The Labute approximate surface area is 137 Å². The van der Waals surface area contributed by atoms with Crippen LogP contribution in [0.4, 0.5) is 0 Å². The molecule has 1 N–H and O–H groups in total. The third kappa shape index (κ3) is 5.03. The Hall–Kier alpha value is -1.95. The molecule has 1 fully saturated rings. The zero-order valence-electron chi connectivity index (χ0n) is 13.8. The molecule has 0 aliphatic carbocycles. The zero-order valence-corrected chi connectivity index (χ0v) is 13.8. The Morgan fingerprint density at radius 2 is 2.26 bits per heavy atom. The molecule has 2 heterocycles. The number of ether oxygens (including phenoxy) is 1. The summed E-state index contributed by atoms with van der Waals surface area (Å²) in [7, 11) is 2.08. The minimum absolute atomic E-state index is 0.113. The lowest BCUT2D eigenvalue weighted by atomic mass is 9.96. The van der Waals surface area contributed by atoms with Crippen LogP contribution in [0.3, 0.4) is 0 Å². The molecular formula is C17H25N3O3. The molecule has 0 saturated carbocycles. The molecule has 1 aromatic heterocycles. The molecular weight excluding hydrogens is 294 g/mol. The maximum Gasteiger partial charge on any atom is 0.306 e. The zero-order chi connectivity index (χ0) is 16.7. The number of nitrogens with one attached hydrogen (secondary N) is 1. The van der Waals surface area contributed by atoms with Gasteiger partial charge in [-0.15, -0.1) is 0 Å². The molecule has 6 heteroatoms. The van der Waals surface area contributed by atoms with Gasteiger partial charge in [0.1, 0.15) is 0 Å². The highest BCUT2D eigenvalue weighted by Gasteiger charge is 2.33. The number of pyridine rings is 1. The summed E-state index contributed by atoms with van der Waals surface area (Å²) < 4.78 is 5.39. The summed E-state index contributed by atoms with van der Waals surface area (Å²) in [6.45, 7) is 3.79. The second-order valence-corrected chi connectivity index (χ2v) is 5.90. The predicted molar refractivity (Wildman–Crippen MR) is 86.6 cm³/mol. The lowest BCUT2D eigenvalue weighted by Crippen LogP contribution is -2.25. The van der Waals surface area contributed by atoms with Gasteiger partial charge in [-0.2, -0.15) is 0 Å². The fourth-order valence-electron chi connectivity index (χ4n) is 3.05. The van der Waals surface area contributed by atoms with E-state index in [1.54, 1.807) is 6.20 Å². The molecule has 0 radical (unpaired) electrons. The molecule has 0 bridgehead atoms. The van der Waals surface area contributed by atoms with E-state index in [1.165, 1.54) is 0 Å². The number of likely N-dealkylation sites (tertiary alicyclic amines) is 1. The lowest BCUT2D eigenvalue weighted by molar-refractivity contribution is -0.146. The molecule has 1 saturated heterocycles. The van der Waals surface area contributed by atoms with Crippen LogP contribution in [0.25, 0.3) is 0 Å². The van der Waals surface area contributed by atoms with Crippen molar-refractivity contribution in [3.05, 3.63) is 30.1 Å². The van der Waals surface area contributed by atoms with Crippen molar-refractivity contribution in [2.24, 2.45) is 5.92 Å². The Balaban J connectivity index is 1.82. The molecule has 0 aromatic carbocycles. The lowest BCUT2D eigenvalue weighted by Gasteiger charge is -2.25. The van der Waals surface area contributed by atoms with Crippen LogP contribution < -0.4 is 5.32 Å². The van der Waals surface area contributed by atoms with Gasteiger partial charge >= 0.3 is 5.97 Å². The van der Waals surface area contributed by atoms with Crippen molar-refractivity contribution in [2.75, 3.05) is 26.7 Å². The Morgan fingerprint density at radius 3 is 2.96 bits per heavy atom. The van der Waals surface area contributed by atoms with Crippen LogP contribution in [0.5, 0.6) is 0 Å². The first-order valence-electron chi connectivity index (χ1n) is 8.14. The minimum Gasteiger partial charge on any atom is -0.465 e. The topological polar surface area (TPSA) is 71.5 Å². The molecule has 0 unspecified atom stereocenters. The summed E-state index contributed by atoms with van der Waals surface area (Å²) in [4.78, 5) is 29.6. The van der Waals surface area contributed by atoms with Gasteiger partial charge in [-0.1, -0.05) is 6.07 Å². The van der Waals surface area contributed by atoms with Crippen molar-refractivity contribution in [1.82, 2.24) is 15.2 Å². The number of rotatable bonds is 7. The van der Waals surface area contributed by atoms with Gasteiger partial charge in [-0.3, -0.25) is 19.5 Å². The van der Waals surface area contributed by atoms with Crippen LogP contribution in [0.2, 0.25) is 0 Å². The van der Waals surface area contributed by atoms with Gasteiger partial charge in [0.2, 0.25) is 5.91 Å². The fourth-order valence-corrected chi connectivity index (χ4v) is 3.05. The second-order valence-electron chi connectivity index (χ2n) is 5.90. The summed E-state index contributed by atoms with van der Waals surface area (Å²) >= 11 is 0. The number of hydrogen-bond acceptors (Lipinski definition) is 5. The highest BCUT2D eigenvalue weighted by molar-refractivity contribution is 5.81. The monoisotopic (exact) mass is 319 g/mol. The first kappa shape index (κ1) is 17.4. The highest BCUT2D eigenvalue weighted by Crippen LogP contribution is 2.35. The average Bonchev–Trinajstić information content (AvgIpc) is 2.93. The van der Waals surface area contributed by atoms with Gasteiger partial charge in [0.25, 0.3) is 0 Å². The Bertz CT molecular complexity index is 521. The average molecular weight is 319 g/mol. The van der Waals surface area contributed by atoms with E-state index < -0.39 is 0 Å². The fraction of sp³-hybridized carbons (Fsp3) is 0.588. The summed E-state index contributed by atoms with van der Waals surface area (Å²) in [6, 6.07) is 4.21. The Morgan fingerprint density at radius 1 is 1.43 bits per heavy atom. The van der Waals surface area contributed by atoms with Crippen LogP contribution in [0.15, 0.2) is 24.5 Å². The third-order valence-electron chi connectivity index (χ3n) is 4.19. The summed E-state index contributed by atoms with van der Waals surface area (Å²) in [5.74, 6) is -0.161. The van der Waals surface area contributed by atoms with Crippen LogP contribution in [0.1, 0.15) is 37.8 Å². The van der Waals surface area contributed by atoms with E-state index >= 15 is 0 Å². The quantitative estimate of drug-likeness (QED) is 0.772. The SMILES string of the molecule is CCNC(=O)CCC(=O)OC[C@H]1CCN(C)[C@@H]1c1cccnc1. The van der Waals surface area contributed by atoms with Gasteiger partial charge in [-0.25, -0.2) is 0 Å². The number of amides is 1. The molecule has 1 aliphatic rings. The molecule has 0 spiro atoms. The molecule has 23 heavy (non-hydrogen) atoms. The maximum atomic E-state index is 11.8. The second kappa shape index (κ2) is 8.62. The van der Waals surface area contributed by atoms with E-state index in [0.29, 0.717) is 13.2 Å². The Kier molecular flexibility index (Phi) is 6.52. The predicted octanol–water partition coefficient (Wildman–Crippen LogP) is 1.53. The van der Waals surface area contributed by atoms with Crippen molar-refractivity contribution in [3.8, 4) is 0 Å². The number of carbonyl (C=O) groups is 2. The van der Waals surface area contributed by atoms with Crippen molar-refractivity contribution >= 4 is 11.9 Å². The van der Waals surface area contributed by atoms with Crippen LogP contribution in [-0.2, 0) is 14.3 Å². The van der Waals surface area contributed by atoms with E-state index in [1.807, 2.05) is 19.2 Å². The number of carbonyl (C=O) groups excluding carboxylic acids is 2. The van der Waals surface area contributed by atoms with E-state index in [2.05, 4.69) is 28.3 Å². The normalized spacial score (nSPS) is 21.1. The van der Waals surface area contributed by atoms with Crippen molar-refractivity contribution < 1.29 is 14.3 Å². The van der Waals surface area contributed by atoms with Crippen molar-refractivity contribution in [1.29, 1.82) is 0 Å². The van der Waals surface area contributed by atoms with Gasteiger partial charge in [0.05, 0.1) is 13.0 Å². The van der Waals surface area contributed by atoms with E-state index in [4.69, 9.17) is 4.74 Å². The van der Waals surface area contributed by atoms with Crippen LogP contribution >= 0.6 is 0 Å². The number of esters is 1. The van der Waals surface area contributed by atoms with Crippen molar-refractivity contribution in [3.63, 3.8) is 0 Å². The van der Waals surface area contributed by atoms with Gasteiger partial charge in [-0.05, 0) is 38.6 Å². The van der Waals surface area contributed by atoms with Gasteiger partial charge in [0.15, 0.2) is 0 Å². The van der Waals surface area contributed by atoms with Crippen LogP contribution in [-0.4, -0.2) is 48.5 Å². The third-order valence-corrected chi connectivity index (χ3v) is 4.19. The molecule has 6 nitrogen and oxygen atoms in total. The standard InChI is InChI=1S/C17H25N3O3/c1-3-19-15(21)6-7-16(22)23-12-14-8-10-20(2)17(14)13-5-4-9-18-11-13/h4-5,9,11,14,17H,3,6-8,10,12H2,1-2H3,(H,19,21)/t14-,17-/m1/s1. The van der Waals surface area contributed by atoms with Crippen molar-refractivity contribution in [2.45, 2.75) is 32.2 Å². The minimum atomic E-state index is -0.309. The van der Waals surface area contributed by atoms with Gasteiger partial charge < -0.3 is 10.1 Å². The molecule has 126 valence electrons.